The van der Waals surface area contributed by atoms with E-state index in [0.717, 1.165) is 17.2 Å². The Morgan fingerprint density at radius 3 is 2.58 bits per heavy atom. The number of aryl methyl sites for hydroxylation is 2. The van der Waals surface area contributed by atoms with Crippen molar-refractivity contribution >= 4 is 38.1 Å². The molecule has 1 aliphatic heterocycles. The van der Waals surface area contributed by atoms with Crippen molar-refractivity contribution in [2.75, 3.05) is 31.1 Å². The monoisotopic (exact) mass is 477 g/mol. The van der Waals surface area contributed by atoms with Crippen molar-refractivity contribution in [3.63, 3.8) is 0 Å². The molecular weight excluding hydrogens is 450 g/mol. The van der Waals surface area contributed by atoms with Crippen molar-refractivity contribution in [1.82, 2.24) is 9.29 Å². The quantitative estimate of drug-likeness (QED) is 0.602. The van der Waals surface area contributed by atoms with Gasteiger partial charge in [-0.3, -0.25) is 0 Å². The number of anilines is 1. The Bertz CT molecular complexity index is 1110. The van der Waals surface area contributed by atoms with Gasteiger partial charge in [0.15, 0.2) is 5.13 Å². The summed E-state index contributed by atoms with van der Waals surface area (Å²) in [6, 6.07) is 6.53. The Hall–Kier alpha value is -1.67. The number of allylic oxidation sites excluding steroid dienone is 3. The number of thiazole rings is 1. The van der Waals surface area contributed by atoms with Crippen LogP contribution in [0.3, 0.4) is 0 Å². The molecule has 0 bridgehead atoms. The molecule has 0 saturated carbocycles. The van der Waals surface area contributed by atoms with Crippen molar-refractivity contribution in [1.29, 1.82) is 0 Å². The lowest BCUT2D eigenvalue weighted by Crippen LogP contribution is -2.54. The minimum Gasteiger partial charge on any atom is -0.345 e. The molecular formula is C23H28ClN3O2S2. The van der Waals surface area contributed by atoms with Crippen molar-refractivity contribution in [3.8, 4) is 0 Å². The lowest BCUT2D eigenvalue weighted by Gasteiger charge is -2.38. The number of halogens is 1. The topological polar surface area (TPSA) is 53.5 Å². The summed E-state index contributed by atoms with van der Waals surface area (Å²) in [4.78, 5) is 6.07. The van der Waals surface area contributed by atoms with Gasteiger partial charge in [0.25, 0.3) is 0 Å². The molecule has 0 radical (unpaired) electrons. The molecule has 0 amide bonds. The first-order chi connectivity index (χ1) is 14.7. The molecule has 2 aliphatic rings. The second-order valence-electron chi connectivity index (χ2n) is 8.46. The molecule has 2 heterocycles. The maximum Gasteiger partial charge on any atom is 0.222 e. The van der Waals surface area contributed by atoms with E-state index in [2.05, 4.69) is 42.3 Å². The summed E-state index contributed by atoms with van der Waals surface area (Å²) in [6.45, 7) is 8.13. The van der Waals surface area contributed by atoms with Crippen LogP contribution in [0.5, 0.6) is 0 Å². The van der Waals surface area contributed by atoms with E-state index < -0.39 is 20.1 Å². The van der Waals surface area contributed by atoms with Crippen molar-refractivity contribution < 1.29 is 8.42 Å². The van der Waals surface area contributed by atoms with Gasteiger partial charge in [-0.25, -0.2) is 13.4 Å². The highest BCUT2D eigenvalue weighted by Gasteiger charge is 2.43. The number of nitrogens with zero attached hydrogens (tertiary/aromatic N) is 3. The zero-order chi connectivity index (χ0) is 22.2. The molecule has 1 aliphatic carbocycles. The zero-order valence-corrected chi connectivity index (χ0v) is 20.5. The molecule has 4 rings (SSSR count). The Morgan fingerprint density at radius 1 is 1.16 bits per heavy atom. The van der Waals surface area contributed by atoms with Gasteiger partial charge in [-0.05, 0) is 37.5 Å². The maximum absolute atomic E-state index is 13.2. The maximum atomic E-state index is 13.2. The molecule has 0 spiro atoms. The third kappa shape index (κ3) is 4.75. The molecule has 1 aromatic heterocycles. The van der Waals surface area contributed by atoms with Crippen LogP contribution in [0, 0.1) is 13.8 Å². The number of piperazine rings is 1. The number of rotatable bonds is 5. The van der Waals surface area contributed by atoms with Crippen LogP contribution in [0.2, 0.25) is 0 Å². The fourth-order valence-electron chi connectivity index (χ4n) is 4.02. The highest BCUT2D eigenvalue weighted by molar-refractivity contribution is 7.90. The summed E-state index contributed by atoms with van der Waals surface area (Å²) in [6.07, 6.45) is 7.81. The van der Waals surface area contributed by atoms with Gasteiger partial charge in [0.1, 0.15) is 5.25 Å². The number of alkyl halides is 1. The number of aromatic nitrogens is 1. The average molecular weight is 478 g/mol. The van der Waals surface area contributed by atoms with Gasteiger partial charge in [-0.1, -0.05) is 42.5 Å². The van der Waals surface area contributed by atoms with Crippen LogP contribution in [0.25, 0.3) is 0 Å². The van der Waals surface area contributed by atoms with Gasteiger partial charge < -0.3 is 4.90 Å². The fourth-order valence-corrected chi connectivity index (χ4v) is 7.33. The van der Waals surface area contributed by atoms with E-state index in [-0.39, 0.29) is 0 Å². The Morgan fingerprint density at radius 2 is 1.90 bits per heavy atom. The Balaban J connectivity index is 1.39. The lowest BCUT2D eigenvalue weighted by molar-refractivity contribution is 0.379. The van der Waals surface area contributed by atoms with Gasteiger partial charge >= 0.3 is 0 Å². The summed E-state index contributed by atoms with van der Waals surface area (Å²) in [5.74, 6) is 0. The Kier molecular flexibility index (Phi) is 6.32. The molecule has 1 saturated heterocycles. The summed E-state index contributed by atoms with van der Waals surface area (Å²) in [5, 5.41) is 2.31. The van der Waals surface area contributed by atoms with E-state index in [0.29, 0.717) is 26.2 Å². The van der Waals surface area contributed by atoms with Crippen molar-refractivity contribution in [2.24, 2.45) is 0 Å². The van der Waals surface area contributed by atoms with Crippen LogP contribution in [-0.4, -0.2) is 54.0 Å². The van der Waals surface area contributed by atoms with Gasteiger partial charge in [0.2, 0.25) is 10.0 Å². The van der Waals surface area contributed by atoms with Gasteiger partial charge in [-0.2, -0.15) is 4.31 Å². The van der Waals surface area contributed by atoms with E-state index in [1.54, 1.807) is 46.9 Å². The first kappa shape index (κ1) is 22.5. The summed E-state index contributed by atoms with van der Waals surface area (Å²) in [7, 11) is -3.52. The largest absolute Gasteiger partial charge is 0.345 e. The minimum absolute atomic E-state index is 0.440. The van der Waals surface area contributed by atoms with Crippen LogP contribution < -0.4 is 4.90 Å². The number of sulfonamides is 1. The molecule has 166 valence electrons. The van der Waals surface area contributed by atoms with E-state index in [1.165, 1.54) is 16.7 Å². The molecule has 31 heavy (non-hydrogen) atoms. The van der Waals surface area contributed by atoms with E-state index in [4.69, 9.17) is 16.6 Å². The van der Waals surface area contributed by atoms with Crippen LogP contribution in [0.4, 0.5) is 5.13 Å². The smallest absolute Gasteiger partial charge is 0.222 e. The van der Waals surface area contributed by atoms with Crippen molar-refractivity contribution in [2.45, 2.75) is 37.3 Å². The van der Waals surface area contributed by atoms with Crippen LogP contribution in [0.1, 0.15) is 29.3 Å². The molecule has 8 heteroatoms. The standard InChI is InChI=1S/C23H28ClN3O2S2/c1-17-7-8-19(14-18(17)2)15-20-16-30-22(25-20)26-10-12-27(13-11-26)31(28,29)21-6-4-5-9-23(21,3)24/h4-9,14,16,21H,10-13,15H2,1-3H3. The third-order valence-corrected chi connectivity index (χ3v) is 9.88. The predicted molar refractivity (Wildman–Crippen MR) is 130 cm³/mol. The molecule has 2 atom stereocenters. The fraction of sp³-hybridized carbons (Fsp3) is 0.435. The summed E-state index contributed by atoms with van der Waals surface area (Å²) >= 11 is 8.12. The summed E-state index contributed by atoms with van der Waals surface area (Å²) in [5.41, 5.74) is 4.90. The average Bonchev–Trinajstić information content (AvgIpc) is 3.19. The second-order valence-corrected chi connectivity index (χ2v) is 12.2. The molecule has 2 unspecified atom stereocenters. The number of hydrogen-bond acceptors (Lipinski definition) is 5. The molecule has 1 fully saturated rings. The van der Waals surface area contributed by atoms with Gasteiger partial charge in [0.05, 0.1) is 10.6 Å². The minimum atomic E-state index is -3.52. The number of benzene rings is 1. The van der Waals surface area contributed by atoms with Gasteiger partial charge in [-0.15, -0.1) is 22.9 Å². The normalized spacial score (nSPS) is 24.6. The van der Waals surface area contributed by atoms with Crippen LogP contribution in [0.15, 0.2) is 47.9 Å². The highest BCUT2D eigenvalue weighted by Crippen LogP contribution is 2.33. The van der Waals surface area contributed by atoms with E-state index >= 15 is 0 Å². The van der Waals surface area contributed by atoms with E-state index in [9.17, 15) is 8.42 Å². The second kappa shape index (κ2) is 8.70. The summed E-state index contributed by atoms with van der Waals surface area (Å²) < 4.78 is 27.9. The molecule has 0 N–H and O–H groups in total. The van der Waals surface area contributed by atoms with Crippen LogP contribution >= 0.6 is 22.9 Å². The third-order valence-electron chi connectivity index (χ3n) is 6.06. The van der Waals surface area contributed by atoms with E-state index in [1.807, 2.05) is 0 Å². The SMILES string of the molecule is Cc1ccc(Cc2csc(N3CCN(S(=O)(=O)C4C=CC=CC4(C)Cl)CC3)n2)cc1C. The molecule has 5 nitrogen and oxygen atoms in total. The first-order valence-corrected chi connectivity index (χ1v) is 13.2. The lowest BCUT2D eigenvalue weighted by atomic mass is 10.0. The van der Waals surface area contributed by atoms with Crippen molar-refractivity contribution in [3.05, 3.63) is 70.3 Å². The zero-order valence-electron chi connectivity index (χ0n) is 18.1. The highest BCUT2D eigenvalue weighted by atomic mass is 35.5. The number of hydrogen-bond donors (Lipinski definition) is 0. The van der Waals surface area contributed by atoms with Gasteiger partial charge in [0, 0.05) is 38.0 Å². The Labute approximate surface area is 194 Å². The molecule has 1 aromatic carbocycles. The predicted octanol–water partition coefficient (Wildman–Crippen LogP) is 4.29. The van der Waals surface area contributed by atoms with Crippen LogP contribution in [-0.2, 0) is 16.4 Å². The first-order valence-electron chi connectivity index (χ1n) is 10.5. The molecule has 2 aromatic rings.